The van der Waals surface area contributed by atoms with Gasteiger partial charge in [-0.3, -0.25) is 0 Å². The Kier molecular flexibility index (Phi) is 11.9. The lowest BCUT2D eigenvalue weighted by Gasteiger charge is -2.29. The van der Waals surface area contributed by atoms with E-state index in [0.717, 1.165) is 61.9 Å². The van der Waals surface area contributed by atoms with E-state index in [1.54, 1.807) is 0 Å². The predicted octanol–water partition coefficient (Wildman–Crippen LogP) is 21.6. The summed E-state index contributed by atoms with van der Waals surface area (Å²) in [5, 5.41) is 9.65. The summed E-state index contributed by atoms with van der Waals surface area (Å²) < 4.78 is 0. The number of hydrogen-bond donors (Lipinski definition) is 0. The smallest absolute Gasteiger partial charge is 0.0546 e. The summed E-state index contributed by atoms with van der Waals surface area (Å²) in [6, 6.07) is 115. The van der Waals surface area contributed by atoms with E-state index in [1.165, 1.54) is 70.9 Å². The number of anilines is 6. The number of hydrogen-bond acceptors (Lipinski definition) is 2. The second-order valence-corrected chi connectivity index (χ2v) is 20.1. The summed E-state index contributed by atoms with van der Waals surface area (Å²) in [6.07, 6.45) is 0. The van der Waals surface area contributed by atoms with Crippen LogP contribution in [0.25, 0.3) is 98.7 Å². The summed E-state index contributed by atoms with van der Waals surface area (Å²) in [7, 11) is 0. The molecule has 14 rings (SSSR count). The van der Waals surface area contributed by atoms with E-state index in [2.05, 4.69) is 325 Å². The molecule has 2 heteroatoms. The van der Waals surface area contributed by atoms with Crippen LogP contribution in [0.15, 0.2) is 315 Å². The lowest BCUT2D eigenvalue weighted by atomic mass is 9.94. The molecule has 0 aromatic heterocycles. The second-order valence-electron chi connectivity index (χ2n) is 20.1. The van der Waals surface area contributed by atoms with Crippen molar-refractivity contribution >= 4 is 77.2 Å². The highest BCUT2D eigenvalue weighted by Gasteiger charge is 2.21. The summed E-state index contributed by atoms with van der Waals surface area (Å²) in [4.78, 5) is 4.88. The molecular weight excluding hydrogens is 941 g/mol. The average Bonchev–Trinajstić information content (AvgIpc) is 3.55. The molecule has 0 aliphatic rings. The Balaban J connectivity index is 0.865. The van der Waals surface area contributed by atoms with Gasteiger partial charge in [-0.05, 0) is 149 Å². The molecule has 0 aliphatic carbocycles. The molecule has 0 saturated heterocycles. The van der Waals surface area contributed by atoms with Crippen molar-refractivity contribution in [3.63, 3.8) is 0 Å². The molecule has 366 valence electrons. The third kappa shape index (κ3) is 8.72. The fourth-order valence-corrected chi connectivity index (χ4v) is 11.5. The van der Waals surface area contributed by atoms with Crippen molar-refractivity contribution in [2.24, 2.45) is 0 Å². The topological polar surface area (TPSA) is 6.48 Å². The molecule has 14 aromatic rings. The highest BCUT2D eigenvalue weighted by Crippen LogP contribution is 2.46. The quantitative estimate of drug-likeness (QED) is 0.127. The molecule has 0 heterocycles. The molecule has 0 saturated carbocycles. The van der Waals surface area contributed by atoms with Gasteiger partial charge in [0.25, 0.3) is 0 Å². The van der Waals surface area contributed by atoms with Gasteiger partial charge in [0.15, 0.2) is 0 Å². The average molecular weight is 993 g/mol. The Morgan fingerprint density at radius 1 is 0.167 bits per heavy atom. The van der Waals surface area contributed by atoms with Crippen molar-refractivity contribution in [3.8, 4) is 55.6 Å². The second kappa shape index (κ2) is 20.1. The highest BCUT2D eigenvalue weighted by atomic mass is 15.2. The minimum atomic E-state index is 1.08. The fourth-order valence-electron chi connectivity index (χ4n) is 11.5. The van der Waals surface area contributed by atoms with Crippen molar-refractivity contribution in [3.05, 3.63) is 315 Å². The van der Waals surface area contributed by atoms with E-state index in [0.29, 0.717) is 0 Å². The standard InChI is InChI=1S/C76H52N2/c1-3-18-53(19-4-1)63-49-64(54-20-5-2-6-21-54)51-68(50-63)77(74-34-16-27-59-23-8-12-30-71(59)74)66-44-40-55(41-45-66)56-42-46-67(47-43-56)78(75-35-17-28-60-24-9-13-31-72(60)75)76-52-65(48-62-25-10-14-32-73(62)76)57-36-38-61(39-37-57)70-33-15-26-58-22-7-11-29-69(58)70/h1-52H. The number of nitrogens with zero attached hydrogens (tertiary/aromatic N) is 2. The van der Waals surface area contributed by atoms with Gasteiger partial charge in [-0.1, -0.05) is 249 Å². The van der Waals surface area contributed by atoms with Crippen LogP contribution in [0.1, 0.15) is 0 Å². The van der Waals surface area contributed by atoms with Gasteiger partial charge in [-0.25, -0.2) is 0 Å². The molecule has 14 aromatic carbocycles. The van der Waals surface area contributed by atoms with Crippen LogP contribution in [0, 0.1) is 0 Å². The van der Waals surface area contributed by atoms with Gasteiger partial charge in [-0.2, -0.15) is 0 Å². The normalized spacial score (nSPS) is 11.3. The van der Waals surface area contributed by atoms with Crippen LogP contribution < -0.4 is 9.80 Å². The van der Waals surface area contributed by atoms with Gasteiger partial charge in [0.1, 0.15) is 0 Å². The van der Waals surface area contributed by atoms with Crippen LogP contribution in [-0.2, 0) is 0 Å². The van der Waals surface area contributed by atoms with E-state index in [4.69, 9.17) is 0 Å². The third-order valence-electron chi connectivity index (χ3n) is 15.4. The van der Waals surface area contributed by atoms with Crippen LogP contribution in [-0.4, -0.2) is 0 Å². The minimum Gasteiger partial charge on any atom is -0.310 e. The fraction of sp³-hybridized carbons (Fsp3) is 0. The first kappa shape index (κ1) is 46.3. The summed E-state index contributed by atoms with van der Waals surface area (Å²) in [5.74, 6) is 0. The van der Waals surface area contributed by atoms with Gasteiger partial charge in [0.2, 0.25) is 0 Å². The zero-order chi connectivity index (χ0) is 51.8. The minimum absolute atomic E-state index is 1.08. The van der Waals surface area contributed by atoms with E-state index in [1.807, 2.05) is 0 Å². The van der Waals surface area contributed by atoms with Crippen LogP contribution in [0.2, 0.25) is 0 Å². The first-order valence-corrected chi connectivity index (χ1v) is 26.8. The molecule has 0 atom stereocenters. The largest absolute Gasteiger partial charge is 0.310 e. The molecule has 0 bridgehead atoms. The maximum Gasteiger partial charge on any atom is 0.0546 e. The van der Waals surface area contributed by atoms with Gasteiger partial charge < -0.3 is 9.80 Å². The van der Waals surface area contributed by atoms with Crippen LogP contribution in [0.5, 0.6) is 0 Å². The molecule has 0 spiro atoms. The number of fused-ring (bicyclic) bond motifs is 4. The molecule has 0 amide bonds. The predicted molar refractivity (Wildman–Crippen MR) is 333 cm³/mol. The molecule has 0 unspecified atom stereocenters. The van der Waals surface area contributed by atoms with Gasteiger partial charge in [0.05, 0.1) is 17.1 Å². The van der Waals surface area contributed by atoms with Gasteiger partial charge in [-0.15, -0.1) is 0 Å². The maximum absolute atomic E-state index is 2.46. The molecule has 0 radical (unpaired) electrons. The Morgan fingerprint density at radius 2 is 0.526 bits per heavy atom. The molecule has 78 heavy (non-hydrogen) atoms. The van der Waals surface area contributed by atoms with Crippen molar-refractivity contribution in [2.75, 3.05) is 9.80 Å². The van der Waals surface area contributed by atoms with E-state index in [9.17, 15) is 0 Å². The Bertz CT molecular complexity index is 4400. The van der Waals surface area contributed by atoms with Crippen molar-refractivity contribution in [1.29, 1.82) is 0 Å². The summed E-state index contributed by atoms with van der Waals surface area (Å²) in [6.45, 7) is 0. The zero-order valence-electron chi connectivity index (χ0n) is 42.9. The first-order valence-electron chi connectivity index (χ1n) is 26.8. The summed E-state index contributed by atoms with van der Waals surface area (Å²) in [5.41, 5.74) is 18.4. The number of benzene rings is 14. The van der Waals surface area contributed by atoms with Crippen molar-refractivity contribution in [1.82, 2.24) is 0 Å². The van der Waals surface area contributed by atoms with Gasteiger partial charge >= 0.3 is 0 Å². The molecule has 2 nitrogen and oxygen atoms in total. The molecule has 0 aliphatic heterocycles. The Morgan fingerprint density at radius 3 is 1.08 bits per heavy atom. The van der Waals surface area contributed by atoms with Crippen LogP contribution in [0.3, 0.4) is 0 Å². The van der Waals surface area contributed by atoms with Crippen molar-refractivity contribution < 1.29 is 0 Å². The number of rotatable bonds is 11. The van der Waals surface area contributed by atoms with Crippen LogP contribution in [0.4, 0.5) is 34.1 Å². The third-order valence-corrected chi connectivity index (χ3v) is 15.4. The Labute approximate surface area is 455 Å². The summed E-state index contributed by atoms with van der Waals surface area (Å²) >= 11 is 0. The van der Waals surface area contributed by atoms with Crippen molar-refractivity contribution in [2.45, 2.75) is 0 Å². The zero-order valence-corrected chi connectivity index (χ0v) is 42.9. The first-order chi connectivity index (χ1) is 38.7. The lowest BCUT2D eigenvalue weighted by molar-refractivity contribution is 1.30. The lowest BCUT2D eigenvalue weighted by Crippen LogP contribution is -2.11. The van der Waals surface area contributed by atoms with E-state index < -0.39 is 0 Å². The monoisotopic (exact) mass is 992 g/mol. The molecule has 0 fully saturated rings. The molecular formula is C76H52N2. The maximum atomic E-state index is 2.46. The SMILES string of the molecule is c1ccc(-c2cc(-c3ccccc3)cc(N(c3ccc(-c4ccc(N(c5cccc6ccccc56)c5cc(-c6ccc(-c7cccc8ccccc78)cc6)cc6ccccc56)cc4)cc3)c3cccc4ccccc34)c2)cc1. The van der Waals surface area contributed by atoms with E-state index >= 15 is 0 Å². The van der Waals surface area contributed by atoms with Gasteiger partial charge in [0, 0.05) is 33.2 Å². The molecule has 0 N–H and O–H groups in total. The Hall–Kier alpha value is -10.3. The van der Waals surface area contributed by atoms with Crippen LogP contribution >= 0.6 is 0 Å². The van der Waals surface area contributed by atoms with E-state index in [-0.39, 0.29) is 0 Å². The highest BCUT2D eigenvalue weighted by molar-refractivity contribution is 6.07.